The fraction of sp³-hybridized carbons (Fsp3) is 0.167. The second-order valence-electron chi connectivity index (χ2n) is 5.06. The summed E-state index contributed by atoms with van der Waals surface area (Å²) < 4.78 is 5.79. The summed E-state index contributed by atoms with van der Waals surface area (Å²) in [5.41, 5.74) is 9.24. The van der Waals surface area contributed by atoms with Crippen molar-refractivity contribution in [2.24, 2.45) is 0 Å². The predicted octanol–water partition coefficient (Wildman–Crippen LogP) is 4.03. The van der Waals surface area contributed by atoms with Gasteiger partial charge < -0.3 is 10.5 Å². The third kappa shape index (κ3) is 3.93. The van der Waals surface area contributed by atoms with E-state index in [1.165, 1.54) is 10.4 Å². The van der Waals surface area contributed by atoms with E-state index >= 15 is 0 Å². The molecule has 112 valence electrons. The van der Waals surface area contributed by atoms with Crippen molar-refractivity contribution in [2.45, 2.75) is 19.6 Å². The third-order valence-corrected chi connectivity index (χ3v) is 4.28. The van der Waals surface area contributed by atoms with Crippen LogP contribution >= 0.6 is 11.3 Å². The fourth-order valence-electron chi connectivity index (χ4n) is 2.28. The van der Waals surface area contributed by atoms with E-state index in [0.717, 1.165) is 17.7 Å². The minimum Gasteiger partial charge on any atom is -0.375 e. The van der Waals surface area contributed by atoms with Crippen molar-refractivity contribution in [3.63, 3.8) is 0 Å². The number of nitrogen functional groups attached to an aromatic ring is 1. The van der Waals surface area contributed by atoms with Crippen LogP contribution in [-0.4, -0.2) is 4.98 Å². The van der Waals surface area contributed by atoms with Crippen LogP contribution in [0.1, 0.15) is 21.7 Å². The standard InChI is InChI=1S/C18H18N2OS/c19-18-20-16(13-21-12-15-9-5-2-6-10-15)17(22-18)11-14-7-3-1-4-8-14/h1-10H,11-13H2,(H2,19,20). The van der Waals surface area contributed by atoms with E-state index in [9.17, 15) is 0 Å². The topological polar surface area (TPSA) is 48.1 Å². The van der Waals surface area contributed by atoms with Gasteiger partial charge in [-0.1, -0.05) is 60.7 Å². The zero-order chi connectivity index (χ0) is 15.2. The Bertz CT molecular complexity index is 710. The quantitative estimate of drug-likeness (QED) is 0.747. The first-order valence-corrected chi connectivity index (χ1v) is 8.02. The van der Waals surface area contributed by atoms with Gasteiger partial charge in [-0.3, -0.25) is 0 Å². The maximum atomic E-state index is 5.87. The van der Waals surface area contributed by atoms with E-state index in [1.54, 1.807) is 11.3 Å². The van der Waals surface area contributed by atoms with Crippen molar-refractivity contribution >= 4 is 16.5 Å². The maximum Gasteiger partial charge on any atom is 0.180 e. The highest BCUT2D eigenvalue weighted by atomic mass is 32.1. The number of nitrogens with zero attached hydrogens (tertiary/aromatic N) is 1. The summed E-state index contributed by atoms with van der Waals surface area (Å²) in [4.78, 5) is 5.59. The van der Waals surface area contributed by atoms with Gasteiger partial charge in [0.05, 0.1) is 18.9 Å². The minimum absolute atomic E-state index is 0.491. The fourth-order valence-corrected chi connectivity index (χ4v) is 3.14. The lowest BCUT2D eigenvalue weighted by Crippen LogP contribution is -1.98. The molecule has 0 spiro atoms. The second-order valence-corrected chi connectivity index (χ2v) is 6.18. The molecule has 1 aromatic heterocycles. The molecular formula is C18H18N2OS. The molecule has 0 radical (unpaired) electrons. The lowest BCUT2D eigenvalue weighted by Gasteiger charge is -2.05. The number of anilines is 1. The predicted molar refractivity (Wildman–Crippen MR) is 90.7 cm³/mol. The molecule has 0 saturated carbocycles. The maximum absolute atomic E-state index is 5.87. The first-order valence-electron chi connectivity index (χ1n) is 7.21. The minimum atomic E-state index is 0.491. The van der Waals surface area contributed by atoms with Crippen LogP contribution in [0.15, 0.2) is 60.7 Å². The molecule has 0 fully saturated rings. The molecule has 0 saturated heterocycles. The zero-order valence-electron chi connectivity index (χ0n) is 12.2. The highest BCUT2D eigenvalue weighted by molar-refractivity contribution is 7.15. The second kappa shape index (κ2) is 7.20. The Balaban J connectivity index is 1.64. The smallest absolute Gasteiger partial charge is 0.180 e. The Morgan fingerprint density at radius 2 is 1.50 bits per heavy atom. The Hall–Kier alpha value is -2.17. The highest BCUT2D eigenvalue weighted by Gasteiger charge is 2.10. The number of ether oxygens (including phenoxy) is 1. The number of hydrogen-bond donors (Lipinski definition) is 1. The number of aromatic nitrogens is 1. The van der Waals surface area contributed by atoms with Gasteiger partial charge in [-0.2, -0.15) is 0 Å². The van der Waals surface area contributed by atoms with Gasteiger partial charge in [0.25, 0.3) is 0 Å². The van der Waals surface area contributed by atoms with Crippen LogP contribution < -0.4 is 5.73 Å². The van der Waals surface area contributed by atoms with Crippen molar-refractivity contribution in [1.29, 1.82) is 0 Å². The third-order valence-electron chi connectivity index (χ3n) is 3.35. The van der Waals surface area contributed by atoms with Gasteiger partial charge in [0.2, 0.25) is 0 Å². The van der Waals surface area contributed by atoms with Crippen LogP contribution in [0.25, 0.3) is 0 Å². The Kier molecular flexibility index (Phi) is 4.83. The molecule has 3 nitrogen and oxygen atoms in total. The first kappa shape index (κ1) is 14.8. The number of benzene rings is 2. The van der Waals surface area contributed by atoms with Gasteiger partial charge in [0, 0.05) is 11.3 Å². The van der Waals surface area contributed by atoms with Gasteiger partial charge in [-0.15, -0.1) is 11.3 Å². The lowest BCUT2D eigenvalue weighted by molar-refractivity contribution is 0.104. The average Bonchev–Trinajstić information content (AvgIpc) is 2.89. The van der Waals surface area contributed by atoms with Crippen molar-refractivity contribution in [1.82, 2.24) is 4.98 Å². The number of hydrogen-bond acceptors (Lipinski definition) is 4. The monoisotopic (exact) mass is 310 g/mol. The molecule has 0 aliphatic heterocycles. The van der Waals surface area contributed by atoms with Crippen LogP contribution in [0.2, 0.25) is 0 Å². The summed E-state index contributed by atoms with van der Waals surface area (Å²) in [7, 11) is 0. The van der Waals surface area contributed by atoms with Gasteiger partial charge in [-0.05, 0) is 11.1 Å². The highest BCUT2D eigenvalue weighted by Crippen LogP contribution is 2.24. The Morgan fingerprint density at radius 3 is 2.18 bits per heavy atom. The summed E-state index contributed by atoms with van der Waals surface area (Å²) in [6.45, 7) is 1.08. The molecular weight excluding hydrogens is 292 g/mol. The van der Waals surface area contributed by atoms with Gasteiger partial charge in [0.15, 0.2) is 5.13 Å². The van der Waals surface area contributed by atoms with Crippen molar-refractivity contribution in [3.05, 3.63) is 82.4 Å². The molecule has 2 N–H and O–H groups in total. The van der Waals surface area contributed by atoms with E-state index in [1.807, 2.05) is 36.4 Å². The van der Waals surface area contributed by atoms with Crippen LogP contribution in [0.4, 0.5) is 5.13 Å². The van der Waals surface area contributed by atoms with E-state index in [4.69, 9.17) is 10.5 Å². The molecule has 0 bridgehead atoms. The molecule has 0 unspecified atom stereocenters. The van der Waals surface area contributed by atoms with Gasteiger partial charge in [-0.25, -0.2) is 4.98 Å². The van der Waals surface area contributed by atoms with Crippen molar-refractivity contribution in [3.8, 4) is 0 Å². The van der Waals surface area contributed by atoms with Crippen molar-refractivity contribution in [2.75, 3.05) is 5.73 Å². The number of nitrogens with two attached hydrogens (primary N) is 1. The van der Waals surface area contributed by atoms with Crippen LogP contribution in [0.3, 0.4) is 0 Å². The molecule has 0 aliphatic rings. The number of rotatable bonds is 6. The first-order chi connectivity index (χ1) is 10.8. The zero-order valence-corrected chi connectivity index (χ0v) is 13.1. The van der Waals surface area contributed by atoms with E-state index < -0.39 is 0 Å². The Morgan fingerprint density at radius 1 is 0.864 bits per heavy atom. The molecule has 0 aliphatic carbocycles. The molecule has 4 heteroatoms. The van der Waals surface area contributed by atoms with E-state index in [0.29, 0.717) is 18.3 Å². The Labute approximate surface area is 134 Å². The molecule has 0 amide bonds. The number of thiazole rings is 1. The summed E-state index contributed by atoms with van der Waals surface area (Å²) in [5.74, 6) is 0. The molecule has 0 atom stereocenters. The van der Waals surface area contributed by atoms with Crippen LogP contribution in [0, 0.1) is 0 Å². The summed E-state index contributed by atoms with van der Waals surface area (Å²) in [6.07, 6.45) is 0.847. The van der Waals surface area contributed by atoms with E-state index in [2.05, 4.69) is 29.2 Å². The largest absolute Gasteiger partial charge is 0.375 e. The van der Waals surface area contributed by atoms with Gasteiger partial charge in [0.1, 0.15) is 0 Å². The molecule has 3 rings (SSSR count). The van der Waals surface area contributed by atoms with Crippen LogP contribution in [0.5, 0.6) is 0 Å². The molecule has 2 aromatic carbocycles. The SMILES string of the molecule is Nc1nc(COCc2ccccc2)c(Cc2ccccc2)s1. The van der Waals surface area contributed by atoms with Gasteiger partial charge >= 0.3 is 0 Å². The lowest BCUT2D eigenvalue weighted by atomic mass is 10.1. The normalized spacial score (nSPS) is 10.7. The summed E-state index contributed by atoms with van der Waals surface area (Å²) in [6, 6.07) is 20.5. The van der Waals surface area contributed by atoms with Crippen LogP contribution in [-0.2, 0) is 24.4 Å². The molecule has 1 heterocycles. The van der Waals surface area contributed by atoms with E-state index in [-0.39, 0.29) is 0 Å². The molecule has 3 aromatic rings. The summed E-state index contributed by atoms with van der Waals surface area (Å²) in [5, 5.41) is 0.601. The molecule has 22 heavy (non-hydrogen) atoms. The summed E-state index contributed by atoms with van der Waals surface area (Å²) >= 11 is 1.54. The van der Waals surface area contributed by atoms with Crippen molar-refractivity contribution < 1.29 is 4.74 Å². The average molecular weight is 310 g/mol.